The van der Waals surface area contributed by atoms with E-state index in [-0.39, 0.29) is 17.4 Å². The molecule has 5 nitrogen and oxygen atoms in total. The Bertz CT molecular complexity index is 811. The number of nitrogens with zero attached hydrogens (tertiary/aromatic N) is 1. The number of thiocarbonyl (C=S) groups is 1. The molecule has 0 fully saturated rings. The molecule has 2 rings (SSSR count). The van der Waals surface area contributed by atoms with Gasteiger partial charge in [0, 0.05) is 11.6 Å². The molecule has 0 saturated heterocycles. The summed E-state index contributed by atoms with van der Waals surface area (Å²) in [5, 5.41) is 7.29. The van der Waals surface area contributed by atoms with Crippen LogP contribution in [-0.2, 0) is 0 Å². The highest BCUT2D eigenvalue weighted by Gasteiger charge is 2.20. The number of aromatic nitrogens is 1. The van der Waals surface area contributed by atoms with Crippen molar-refractivity contribution in [3.8, 4) is 17.4 Å². The van der Waals surface area contributed by atoms with Crippen LogP contribution in [0.1, 0.15) is 71.6 Å². The lowest BCUT2D eigenvalue weighted by molar-refractivity contribution is 0.412. The molecule has 0 saturated carbocycles. The van der Waals surface area contributed by atoms with Gasteiger partial charge in [-0.25, -0.2) is 4.98 Å². The first-order chi connectivity index (χ1) is 13.5. The molecule has 0 amide bonds. The molecule has 158 valence electrons. The van der Waals surface area contributed by atoms with Crippen LogP contribution in [-0.4, -0.2) is 22.7 Å². The van der Waals surface area contributed by atoms with E-state index in [9.17, 15) is 0 Å². The Morgan fingerprint density at radius 1 is 1.00 bits per heavy atom. The normalized spacial score (nSPS) is 11.5. The first-order valence-corrected chi connectivity index (χ1v) is 10.4. The maximum absolute atomic E-state index is 6.06. The van der Waals surface area contributed by atoms with Gasteiger partial charge in [-0.1, -0.05) is 27.7 Å². The van der Waals surface area contributed by atoms with Crippen LogP contribution in [0, 0.1) is 0 Å². The largest absolute Gasteiger partial charge is 0.497 e. The van der Waals surface area contributed by atoms with Crippen molar-refractivity contribution in [3.63, 3.8) is 0 Å². The molecule has 0 atom stereocenters. The number of methoxy groups -OCH3 is 1. The number of rotatable bonds is 6. The van der Waals surface area contributed by atoms with Gasteiger partial charge < -0.3 is 20.1 Å². The molecule has 0 spiro atoms. The van der Waals surface area contributed by atoms with Gasteiger partial charge in [-0.2, -0.15) is 0 Å². The van der Waals surface area contributed by atoms with Crippen LogP contribution >= 0.6 is 12.2 Å². The van der Waals surface area contributed by atoms with Crippen LogP contribution in [0.3, 0.4) is 0 Å². The molecule has 6 heteroatoms. The number of nitrogens with one attached hydrogen (secondary N) is 2. The highest BCUT2D eigenvalue weighted by molar-refractivity contribution is 7.80. The maximum atomic E-state index is 6.06. The van der Waals surface area contributed by atoms with Crippen molar-refractivity contribution >= 4 is 23.0 Å². The average Bonchev–Trinajstić information content (AvgIpc) is 2.61. The summed E-state index contributed by atoms with van der Waals surface area (Å²) in [5.41, 5.74) is 2.88. The minimum absolute atomic E-state index is 0.120. The third-order valence-corrected chi connectivity index (χ3v) is 4.44. The lowest BCUT2D eigenvalue weighted by atomic mass is 9.97. The number of hydrogen-bond acceptors (Lipinski definition) is 4. The van der Waals surface area contributed by atoms with Gasteiger partial charge in [0.1, 0.15) is 11.5 Å². The minimum atomic E-state index is -0.120. The number of benzene rings is 1. The van der Waals surface area contributed by atoms with E-state index in [2.05, 4.69) is 59.1 Å². The molecule has 0 aliphatic heterocycles. The molecule has 1 aromatic carbocycles. The van der Waals surface area contributed by atoms with E-state index in [1.165, 1.54) is 0 Å². The van der Waals surface area contributed by atoms with Crippen LogP contribution in [0.15, 0.2) is 30.3 Å². The zero-order chi connectivity index (χ0) is 21.8. The number of pyridine rings is 1. The molecule has 2 aromatic rings. The first-order valence-electron chi connectivity index (χ1n) is 9.96. The number of anilines is 1. The standard InChI is InChI=1S/C23H33N3O2S/c1-14(2)18-13-19(28-17-11-9-16(27-8)10-12-17)24-20(15(3)4)21(18)25-22(29)26-23(5,6)7/h9-15H,1-8H3,(H2,25,26,29). The minimum Gasteiger partial charge on any atom is -0.497 e. The van der Waals surface area contributed by atoms with E-state index in [1.54, 1.807) is 7.11 Å². The van der Waals surface area contributed by atoms with Gasteiger partial charge in [0.15, 0.2) is 5.11 Å². The fourth-order valence-electron chi connectivity index (χ4n) is 2.87. The van der Waals surface area contributed by atoms with E-state index in [0.717, 1.165) is 22.7 Å². The van der Waals surface area contributed by atoms with Gasteiger partial charge in [0.2, 0.25) is 5.88 Å². The Morgan fingerprint density at radius 2 is 1.59 bits per heavy atom. The highest BCUT2D eigenvalue weighted by Crippen LogP contribution is 2.35. The summed E-state index contributed by atoms with van der Waals surface area (Å²) in [6.45, 7) is 14.8. The van der Waals surface area contributed by atoms with E-state index < -0.39 is 0 Å². The molecule has 1 heterocycles. The molecule has 29 heavy (non-hydrogen) atoms. The second-order valence-electron chi connectivity index (χ2n) is 8.73. The van der Waals surface area contributed by atoms with E-state index >= 15 is 0 Å². The third kappa shape index (κ3) is 6.60. The lowest BCUT2D eigenvalue weighted by Gasteiger charge is -2.26. The topological polar surface area (TPSA) is 55.4 Å². The lowest BCUT2D eigenvalue weighted by Crippen LogP contribution is -2.43. The monoisotopic (exact) mass is 415 g/mol. The molecular weight excluding hydrogens is 382 g/mol. The second kappa shape index (κ2) is 9.44. The smallest absolute Gasteiger partial charge is 0.219 e. The summed E-state index contributed by atoms with van der Waals surface area (Å²) < 4.78 is 11.3. The van der Waals surface area contributed by atoms with Crippen molar-refractivity contribution in [3.05, 3.63) is 41.6 Å². The Hall–Kier alpha value is -2.34. The van der Waals surface area contributed by atoms with Crippen LogP contribution in [0.5, 0.6) is 17.4 Å². The van der Waals surface area contributed by atoms with Crippen molar-refractivity contribution in [1.82, 2.24) is 10.3 Å². The maximum Gasteiger partial charge on any atom is 0.219 e. The zero-order valence-electron chi connectivity index (χ0n) is 18.7. The van der Waals surface area contributed by atoms with Gasteiger partial charge >= 0.3 is 0 Å². The third-order valence-electron chi connectivity index (χ3n) is 4.23. The number of ether oxygens (including phenoxy) is 2. The van der Waals surface area contributed by atoms with Crippen LogP contribution in [0.2, 0.25) is 0 Å². The van der Waals surface area contributed by atoms with Crippen LogP contribution < -0.4 is 20.1 Å². The molecule has 0 aliphatic carbocycles. The fraction of sp³-hybridized carbons (Fsp3) is 0.478. The molecule has 0 bridgehead atoms. The molecule has 0 radical (unpaired) electrons. The summed E-state index contributed by atoms with van der Waals surface area (Å²) in [5.74, 6) is 2.55. The molecule has 1 aromatic heterocycles. The van der Waals surface area contributed by atoms with Crippen molar-refractivity contribution in [2.75, 3.05) is 12.4 Å². The molecule has 0 unspecified atom stereocenters. The van der Waals surface area contributed by atoms with Crippen molar-refractivity contribution in [1.29, 1.82) is 0 Å². The van der Waals surface area contributed by atoms with Crippen LogP contribution in [0.25, 0.3) is 0 Å². The van der Waals surface area contributed by atoms with Gasteiger partial charge in [-0.3, -0.25) is 0 Å². The van der Waals surface area contributed by atoms with E-state index in [0.29, 0.717) is 16.7 Å². The Labute approximate surface area is 180 Å². The van der Waals surface area contributed by atoms with Crippen LogP contribution in [0.4, 0.5) is 5.69 Å². The predicted octanol–water partition coefficient (Wildman–Crippen LogP) is 6.21. The first kappa shape index (κ1) is 22.9. The second-order valence-corrected chi connectivity index (χ2v) is 9.13. The van der Waals surface area contributed by atoms with Crippen molar-refractivity contribution < 1.29 is 9.47 Å². The predicted molar refractivity (Wildman–Crippen MR) is 125 cm³/mol. The van der Waals surface area contributed by atoms with Gasteiger partial charge in [0.25, 0.3) is 0 Å². The highest BCUT2D eigenvalue weighted by atomic mass is 32.1. The SMILES string of the molecule is COc1ccc(Oc2cc(C(C)C)c(NC(=S)NC(C)(C)C)c(C(C)C)n2)cc1. The molecule has 2 N–H and O–H groups in total. The van der Waals surface area contributed by atoms with Crippen molar-refractivity contribution in [2.24, 2.45) is 0 Å². The summed E-state index contributed by atoms with van der Waals surface area (Å²) in [4.78, 5) is 4.80. The fourth-order valence-corrected chi connectivity index (χ4v) is 3.28. The molecular formula is C23H33N3O2S. The van der Waals surface area contributed by atoms with Gasteiger partial charge in [-0.15, -0.1) is 0 Å². The Morgan fingerprint density at radius 3 is 2.07 bits per heavy atom. The molecule has 0 aliphatic rings. The van der Waals surface area contributed by atoms with Gasteiger partial charge in [0.05, 0.1) is 18.5 Å². The summed E-state index contributed by atoms with van der Waals surface area (Å²) in [6, 6.07) is 9.48. The van der Waals surface area contributed by atoms with E-state index in [1.807, 2.05) is 30.3 Å². The van der Waals surface area contributed by atoms with Gasteiger partial charge in [-0.05, 0) is 74.7 Å². The summed E-state index contributed by atoms with van der Waals surface area (Å²) in [7, 11) is 1.64. The van der Waals surface area contributed by atoms with E-state index in [4.69, 9.17) is 26.7 Å². The Kier molecular flexibility index (Phi) is 7.47. The Balaban J connectivity index is 2.41. The average molecular weight is 416 g/mol. The quantitative estimate of drug-likeness (QED) is 0.547. The zero-order valence-corrected chi connectivity index (χ0v) is 19.5. The summed E-state index contributed by atoms with van der Waals surface area (Å²) in [6.07, 6.45) is 0. The summed E-state index contributed by atoms with van der Waals surface area (Å²) >= 11 is 5.54. The van der Waals surface area contributed by atoms with Crippen molar-refractivity contribution in [2.45, 2.75) is 65.8 Å². The number of hydrogen-bond donors (Lipinski definition) is 2.